The highest BCUT2D eigenvalue weighted by atomic mass is 31.2. The Morgan fingerprint density at radius 3 is 1.44 bits per heavy atom. The fourth-order valence-corrected chi connectivity index (χ4v) is 7.14. The van der Waals surface area contributed by atoms with Crippen LogP contribution in [-0.4, -0.2) is 74.9 Å². The number of hydrogen-bond acceptors (Lipinski definition) is 7. The molecule has 358 valence electrons. The van der Waals surface area contributed by atoms with E-state index in [1.807, 2.05) is 27.2 Å². The second-order valence-electron chi connectivity index (χ2n) is 17.5. The van der Waals surface area contributed by atoms with Crippen molar-refractivity contribution in [2.45, 2.75) is 200 Å². The Labute approximate surface area is 380 Å². The summed E-state index contributed by atoms with van der Waals surface area (Å²) in [5.74, 6) is -0.869. The number of nitrogens with zero attached hydrogens (tertiary/aromatic N) is 1. The van der Waals surface area contributed by atoms with Crippen molar-refractivity contribution < 1.29 is 42.1 Å². The number of unbranched alkanes of at least 4 members (excludes halogenated alkanes) is 18. The molecule has 0 saturated heterocycles. The van der Waals surface area contributed by atoms with E-state index in [9.17, 15) is 19.0 Å². The molecule has 0 aromatic heterocycles. The minimum absolute atomic E-state index is 0.0181. The predicted molar refractivity (Wildman–Crippen MR) is 261 cm³/mol. The lowest BCUT2D eigenvalue weighted by molar-refractivity contribution is -0.870. The largest absolute Gasteiger partial charge is 0.472 e. The minimum Gasteiger partial charge on any atom is -0.462 e. The molecule has 0 aliphatic heterocycles. The maximum Gasteiger partial charge on any atom is 0.472 e. The molecule has 9 nitrogen and oxygen atoms in total. The van der Waals surface area contributed by atoms with Crippen molar-refractivity contribution in [3.05, 3.63) is 72.9 Å². The summed E-state index contributed by atoms with van der Waals surface area (Å²) in [5.41, 5.74) is 0. The number of esters is 2. The molecule has 1 N–H and O–H groups in total. The third kappa shape index (κ3) is 46.9. The van der Waals surface area contributed by atoms with Gasteiger partial charge in [0.1, 0.15) is 19.8 Å². The van der Waals surface area contributed by atoms with Crippen molar-refractivity contribution in [3.63, 3.8) is 0 Å². The summed E-state index contributed by atoms with van der Waals surface area (Å²) in [7, 11) is 1.43. The number of carbonyl (C=O) groups excluding carboxylic acids is 2. The smallest absolute Gasteiger partial charge is 0.462 e. The molecule has 0 amide bonds. The summed E-state index contributed by atoms with van der Waals surface area (Å²) in [6, 6.07) is 0. The maximum absolute atomic E-state index is 12.7. The van der Waals surface area contributed by atoms with Gasteiger partial charge in [-0.15, -0.1) is 0 Å². The highest BCUT2D eigenvalue weighted by Gasteiger charge is 2.27. The summed E-state index contributed by atoms with van der Waals surface area (Å²) in [4.78, 5) is 35.5. The number of hydrogen-bond donors (Lipinski definition) is 1. The zero-order valence-electron chi connectivity index (χ0n) is 40.3. The van der Waals surface area contributed by atoms with Crippen molar-refractivity contribution >= 4 is 19.8 Å². The lowest BCUT2D eigenvalue weighted by Crippen LogP contribution is -2.37. The molecule has 0 radical (unpaired) electrons. The first kappa shape index (κ1) is 59.5. The monoisotopic (exact) mass is 891 g/mol. The molecule has 0 heterocycles. The molecule has 0 aliphatic carbocycles. The van der Waals surface area contributed by atoms with Gasteiger partial charge in [-0.2, -0.15) is 0 Å². The van der Waals surface area contributed by atoms with Crippen molar-refractivity contribution in [2.75, 3.05) is 47.5 Å². The number of carbonyl (C=O) groups is 2. The van der Waals surface area contributed by atoms with Crippen LogP contribution in [0.3, 0.4) is 0 Å². The Kier molecular flexibility index (Phi) is 41.9. The van der Waals surface area contributed by atoms with Crippen LogP contribution in [0, 0.1) is 0 Å². The van der Waals surface area contributed by atoms with Crippen LogP contribution in [0.1, 0.15) is 194 Å². The van der Waals surface area contributed by atoms with E-state index in [1.54, 1.807) is 0 Å². The Balaban J connectivity index is 4.34. The van der Waals surface area contributed by atoms with E-state index in [0.717, 1.165) is 51.4 Å². The normalized spacial score (nSPS) is 14.1. The topological polar surface area (TPSA) is 108 Å². The van der Waals surface area contributed by atoms with Crippen LogP contribution < -0.4 is 0 Å². The lowest BCUT2D eigenvalue weighted by atomic mass is 10.0. The summed E-state index contributed by atoms with van der Waals surface area (Å²) < 4.78 is 34.3. The van der Waals surface area contributed by atoms with Gasteiger partial charge in [0, 0.05) is 12.8 Å². The maximum atomic E-state index is 12.7. The van der Waals surface area contributed by atoms with E-state index < -0.39 is 26.5 Å². The quantitative estimate of drug-likeness (QED) is 0.0212. The van der Waals surface area contributed by atoms with Gasteiger partial charge >= 0.3 is 19.8 Å². The average Bonchev–Trinajstić information content (AvgIpc) is 3.23. The first-order valence-corrected chi connectivity index (χ1v) is 26.2. The number of ether oxygens (including phenoxy) is 2. The van der Waals surface area contributed by atoms with Crippen molar-refractivity contribution in [3.8, 4) is 0 Å². The van der Waals surface area contributed by atoms with Gasteiger partial charge in [0.25, 0.3) is 0 Å². The van der Waals surface area contributed by atoms with Gasteiger partial charge < -0.3 is 18.9 Å². The summed E-state index contributed by atoms with van der Waals surface area (Å²) >= 11 is 0. The molecule has 0 aromatic rings. The molecule has 0 rings (SSSR count). The molecule has 62 heavy (non-hydrogen) atoms. The van der Waals surface area contributed by atoms with E-state index in [0.29, 0.717) is 23.9 Å². The number of phosphoric acid groups is 1. The van der Waals surface area contributed by atoms with Gasteiger partial charge in [0.15, 0.2) is 6.10 Å². The number of phosphoric ester groups is 1. The van der Waals surface area contributed by atoms with Crippen LogP contribution in [0.4, 0.5) is 0 Å². The highest BCUT2D eigenvalue weighted by molar-refractivity contribution is 7.47. The van der Waals surface area contributed by atoms with E-state index in [1.165, 1.54) is 103 Å². The molecule has 0 saturated carbocycles. The van der Waals surface area contributed by atoms with Crippen LogP contribution >= 0.6 is 7.82 Å². The van der Waals surface area contributed by atoms with Gasteiger partial charge in [0.2, 0.25) is 0 Å². The van der Waals surface area contributed by atoms with Crippen molar-refractivity contribution in [2.24, 2.45) is 0 Å². The van der Waals surface area contributed by atoms with Gasteiger partial charge in [-0.3, -0.25) is 18.6 Å². The molecule has 1 unspecified atom stereocenters. The summed E-state index contributed by atoms with van der Waals surface area (Å²) in [6.45, 7) is 4.24. The first-order chi connectivity index (χ1) is 30.0. The Morgan fingerprint density at radius 1 is 0.516 bits per heavy atom. The van der Waals surface area contributed by atoms with E-state index in [4.69, 9.17) is 18.5 Å². The molecule has 0 aromatic carbocycles. The van der Waals surface area contributed by atoms with Gasteiger partial charge in [-0.1, -0.05) is 177 Å². The van der Waals surface area contributed by atoms with Gasteiger partial charge in [-0.05, 0) is 77.0 Å². The fraction of sp³-hybridized carbons (Fsp3) is 0.731. The van der Waals surface area contributed by atoms with E-state index in [2.05, 4.69) is 80.7 Å². The van der Waals surface area contributed by atoms with Crippen LogP contribution in [0.2, 0.25) is 0 Å². The standard InChI is InChI=1S/C52H92NO8P/c1-6-8-10-12-14-16-18-20-22-24-25-26-27-29-30-32-34-36-38-40-42-44-51(54)58-48-50(49-60-62(56,57)59-47-46-53(3,4)5)61-52(55)45-43-41-39-37-35-33-31-28-23-21-19-17-15-13-11-9-7-2/h9,11,15,17,20-23,31,33,37,39,50H,6-8,10,12-14,16,18-19,24-30,32,34-36,38,40-49H2,1-5H3/p+1/b11-9+,17-15+,22-20+,23-21+,33-31+,39-37+/t50-/m1/s1. The molecule has 0 aliphatic rings. The third-order valence-corrected chi connectivity index (χ3v) is 11.2. The van der Waals surface area contributed by atoms with Gasteiger partial charge in [-0.25, -0.2) is 4.57 Å². The van der Waals surface area contributed by atoms with Gasteiger partial charge in [0.05, 0.1) is 27.7 Å². The molecule has 0 spiro atoms. The fourth-order valence-electron chi connectivity index (χ4n) is 6.40. The highest BCUT2D eigenvalue weighted by Crippen LogP contribution is 2.43. The predicted octanol–water partition coefficient (Wildman–Crippen LogP) is 14.6. The van der Waals surface area contributed by atoms with Crippen LogP contribution in [0.15, 0.2) is 72.9 Å². The second kappa shape index (κ2) is 43.7. The molecule has 0 bridgehead atoms. The zero-order chi connectivity index (χ0) is 45.7. The molecular formula is C52H93NO8P+. The Hall–Kier alpha value is -2.55. The Bertz CT molecular complexity index is 1280. The molecule has 10 heteroatoms. The molecule has 0 fully saturated rings. The van der Waals surface area contributed by atoms with Crippen LogP contribution in [0.5, 0.6) is 0 Å². The van der Waals surface area contributed by atoms with Crippen molar-refractivity contribution in [1.29, 1.82) is 0 Å². The molecular weight excluding hydrogens is 798 g/mol. The SMILES string of the molecule is CC/C=C/C/C=C/C/C=C/C/C=C/C/C=C/CCCC(=O)O[C@H](COC(=O)CCCCCCCCCCCCC/C=C/CCCCCCCC)COP(=O)(O)OCC[N+](C)(C)C. The first-order valence-electron chi connectivity index (χ1n) is 24.7. The number of likely N-dealkylation sites (N-methyl/N-ethyl adjacent to an activating group) is 1. The molecule has 2 atom stereocenters. The van der Waals surface area contributed by atoms with E-state index in [-0.39, 0.29) is 32.0 Å². The second-order valence-corrected chi connectivity index (χ2v) is 18.9. The Morgan fingerprint density at radius 2 is 0.935 bits per heavy atom. The summed E-state index contributed by atoms with van der Waals surface area (Å²) in [6.07, 6.45) is 55.4. The lowest BCUT2D eigenvalue weighted by Gasteiger charge is -2.24. The van der Waals surface area contributed by atoms with Crippen LogP contribution in [-0.2, 0) is 32.7 Å². The van der Waals surface area contributed by atoms with Crippen LogP contribution in [0.25, 0.3) is 0 Å². The average molecular weight is 891 g/mol. The van der Waals surface area contributed by atoms with E-state index >= 15 is 0 Å². The number of quaternary nitrogens is 1. The minimum atomic E-state index is -4.40. The zero-order valence-corrected chi connectivity index (χ0v) is 41.2. The summed E-state index contributed by atoms with van der Waals surface area (Å²) in [5, 5.41) is 0. The van der Waals surface area contributed by atoms with Crippen molar-refractivity contribution in [1.82, 2.24) is 0 Å². The number of allylic oxidation sites excluding steroid dienone is 12. The third-order valence-electron chi connectivity index (χ3n) is 10.2. The number of rotatable bonds is 44.